The molecule has 1 N–H and O–H groups in total. The molecule has 0 aromatic heterocycles. The van der Waals surface area contributed by atoms with Gasteiger partial charge in [0.2, 0.25) is 0 Å². The highest BCUT2D eigenvalue weighted by molar-refractivity contribution is 4.81. The minimum Gasteiger partial charge on any atom is -0.312 e. The van der Waals surface area contributed by atoms with Crippen molar-refractivity contribution in [3.05, 3.63) is 0 Å². The molecule has 1 atom stereocenters. The SMILES string of the molecule is CC(CNC1CCC(C(F)(F)F)CC1)N(C)C. The van der Waals surface area contributed by atoms with Crippen molar-refractivity contribution in [1.29, 1.82) is 0 Å². The zero-order valence-corrected chi connectivity index (χ0v) is 10.8. The van der Waals surface area contributed by atoms with Gasteiger partial charge in [-0.1, -0.05) is 0 Å². The Morgan fingerprint density at radius 2 is 1.71 bits per heavy atom. The molecule has 0 bridgehead atoms. The smallest absolute Gasteiger partial charge is 0.312 e. The Hall–Kier alpha value is -0.290. The number of alkyl halides is 3. The molecule has 0 aromatic rings. The Morgan fingerprint density at radius 1 is 1.18 bits per heavy atom. The Bertz CT molecular complexity index is 220. The second kappa shape index (κ2) is 6.05. The summed E-state index contributed by atoms with van der Waals surface area (Å²) in [6, 6.07) is 0.673. The van der Waals surface area contributed by atoms with Crippen LogP contribution in [0, 0.1) is 5.92 Å². The molecule has 1 saturated carbocycles. The van der Waals surface area contributed by atoms with Crippen LogP contribution in [0.2, 0.25) is 0 Å². The van der Waals surface area contributed by atoms with Crippen LogP contribution in [-0.2, 0) is 0 Å². The van der Waals surface area contributed by atoms with Gasteiger partial charge in [-0.15, -0.1) is 0 Å². The third-order valence-electron chi connectivity index (χ3n) is 3.77. The fourth-order valence-corrected chi connectivity index (χ4v) is 2.14. The highest BCUT2D eigenvalue weighted by Crippen LogP contribution is 2.37. The summed E-state index contributed by atoms with van der Waals surface area (Å²) in [7, 11) is 4.01. The van der Waals surface area contributed by atoms with Gasteiger partial charge >= 0.3 is 6.18 Å². The molecule has 1 aliphatic carbocycles. The van der Waals surface area contributed by atoms with E-state index in [1.807, 2.05) is 14.1 Å². The van der Waals surface area contributed by atoms with Gasteiger partial charge in [-0.2, -0.15) is 13.2 Å². The van der Waals surface area contributed by atoms with E-state index in [4.69, 9.17) is 0 Å². The first-order valence-electron chi connectivity index (χ1n) is 6.27. The fraction of sp³-hybridized carbons (Fsp3) is 1.00. The highest BCUT2D eigenvalue weighted by atomic mass is 19.4. The number of hydrogen-bond acceptors (Lipinski definition) is 2. The van der Waals surface area contributed by atoms with E-state index in [1.54, 1.807) is 0 Å². The van der Waals surface area contributed by atoms with Crippen LogP contribution >= 0.6 is 0 Å². The van der Waals surface area contributed by atoms with Crippen LogP contribution in [0.25, 0.3) is 0 Å². The standard InChI is InChI=1S/C12H23F3N2/c1-9(17(2)3)8-16-11-6-4-10(5-7-11)12(13,14)15/h9-11,16H,4-8H2,1-3H3. The maximum Gasteiger partial charge on any atom is 0.391 e. The maximum absolute atomic E-state index is 12.5. The lowest BCUT2D eigenvalue weighted by Crippen LogP contribution is -2.43. The summed E-state index contributed by atoms with van der Waals surface area (Å²) in [6.07, 6.45) is -2.16. The van der Waals surface area contributed by atoms with Crippen molar-refractivity contribution in [2.75, 3.05) is 20.6 Å². The average molecular weight is 252 g/mol. The molecule has 0 amide bonds. The Balaban J connectivity index is 2.24. The predicted molar refractivity (Wildman–Crippen MR) is 63.0 cm³/mol. The number of rotatable bonds is 4. The largest absolute Gasteiger partial charge is 0.391 e. The third kappa shape index (κ3) is 4.84. The van der Waals surface area contributed by atoms with E-state index < -0.39 is 12.1 Å². The molecular weight excluding hydrogens is 229 g/mol. The highest BCUT2D eigenvalue weighted by Gasteiger charge is 2.41. The zero-order valence-electron chi connectivity index (χ0n) is 10.8. The summed E-state index contributed by atoms with van der Waals surface area (Å²) in [5, 5.41) is 3.37. The number of nitrogens with zero attached hydrogens (tertiary/aromatic N) is 1. The van der Waals surface area contributed by atoms with Gasteiger partial charge in [0, 0.05) is 18.6 Å². The van der Waals surface area contributed by atoms with Crippen LogP contribution in [0.15, 0.2) is 0 Å². The van der Waals surface area contributed by atoms with E-state index in [-0.39, 0.29) is 18.9 Å². The quantitative estimate of drug-likeness (QED) is 0.827. The van der Waals surface area contributed by atoms with Crippen LogP contribution in [0.3, 0.4) is 0 Å². The molecule has 2 nitrogen and oxygen atoms in total. The molecule has 1 rings (SSSR count). The van der Waals surface area contributed by atoms with Crippen molar-refractivity contribution >= 4 is 0 Å². The average Bonchev–Trinajstić information content (AvgIpc) is 2.25. The molecule has 0 aromatic carbocycles. The summed E-state index contributed by atoms with van der Waals surface area (Å²) >= 11 is 0. The van der Waals surface area contributed by atoms with Gasteiger partial charge in [0.05, 0.1) is 5.92 Å². The van der Waals surface area contributed by atoms with E-state index in [2.05, 4.69) is 17.1 Å². The van der Waals surface area contributed by atoms with Gasteiger partial charge in [0.25, 0.3) is 0 Å². The van der Waals surface area contributed by atoms with E-state index in [0.717, 1.165) is 6.54 Å². The summed E-state index contributed by atoms with van der Waals surface area (Å²) in [4.78, 5) is 2.11. The molecule has 102 valence electrons. The van der Waals surface area contributed by atoms with Crippen molar-refractivity contribution in [3.63, 3.8) is 0 Å². The summed E-state index contributed by atoms with van der Waals surface area (Å²) in [6.45, 7) is 2.95. The van der Waals surface area contributed by atoms with Crippen molar-refractivity contribution in [2.45, 2.75) is 50.9 Å². The van der Waals surface area contributed by atoms with Crippen molar-refractivity contribution in [1.82, 2.24) is 10.2 Å². The lowest BCUT2D eigenvalue weighted by atomic mass is 9.85. The first-order chi connectivity index (χ1) is 7.80. The molecule has 1 unspecified atom stereocenters. The zero-order chi connectivity index (χ0) is 13.1. The molecule has 5 heteroatoms. The Morgan fingerprint density at radius 3 is 2.12 bits per heavy atom. The molecule has 0 saturated heterocycles. The minimum absolute atomic E-state index is 0.260. The van der Waals surface area contributed by atoms with Gasteiger partial charge < -0.3 is 10.2 Å². The van der Waals surface area contributed by atoms with Crippen molar-refractivity contribution in [3.8, 4) is 0 Å². The van der Waals surface area contributed by atoms with Crippen LogP contribution < -0.4 is 5.32 Å². The molecule has 1 fully saturated rings. The summed E-state index contributed by atoms with van der Waals surface area (Å²) in [5.41, 5.74) is 0. The molecule has 0 aliphatic heterocycles. The van der Waals surface area contributed by atoms with Gasteiger partial charge in [0.1, 0.15) is 0 Å². The van der Waals surface area contributed by atoms with Crippen molar-refractivity contribution in [2.24, 2.45) is 5.92 Å². The first-order valence-corrected chi connectivity index (χ1v) is 6.27. The summed E-state index contributed by atoms with van der Waals surface area (Å²) in [5.74, 6) is -1.08. The van der Waals surface area contributed by atoms with E-state index in [1.165, 1.54) is 0 Å². The van der Waals surface area contributed by atoms with Gasteiger partial charge in [-0.05, 0) is 46.7 Å². The Kier molecular flexibility index (Phi) is 5.25. The lowest BCUT2D eigenvalue weighted by molar-refractivity contribution is -0.182. The van der Waals surface area contributed by atoms with Gasteiger partial charge in [-0.3, -0.25) is 0 Å². The van der Waals surface area contributed by atoms with Crippen LogP contribution in [0.5, 0.6) is 0 Å². The number of nitrogens with one attached hydrogen (secondary N) is 1. The van der Waals surface area contributed by atoms with E-state index >= 15 is 0 Å². The molecular formula is C12H23F3N2. The number of hydrogen-bond donors (Lipinski definition) is 1. The van der Waals surface area contributed by atoms with Crippen LogP contribution in [-0.4, -0.2) is 43.8 Å². The normalized spacial score (nSPS) is 28.4. The number of likely N-dealkylation sites (N-methyl/N-ethyl adjacent to an activating group) is 1. The molecule has 0 heterocycles. The first kappa shape index (κ1) is 14.8. The van der Waals surface area contributed by atoms with Crippen molar-refractivity contribution < 1.29 is 13.2 Å². The van der Waals surface area contributed by atoms with Crippen LogP contribution in [0.4, 0.5) is 13.2 Å². The second-order valence-corrected chi connectivity index (χ2v) is 5.31. The number of halogens is 3. The van der Waals surface area contributed by atoms with Gasteiger partial charge in [0.15, 0.2) is 0 Å². The molecule has 1 aliphatic rings. The fourth-order valence-electron chi connectivity index (χ4n) is 2.14. The second-order valence-electron chi connectivity index (χ2n) is 5.31. The molecule has 0 radical (unpaired) electrons. The summed E-state index contributed by atoms with van der Waals surface area (Å²) < 4.78 is 37.4. The van der Waals surface area contributed by atoms with Crippen LogP contribution in [0.1, 0.15) is 32.6 Å². The maximum atomic E-state index is 12.5. The predicted octanol–water partition coefficient (Wildman–Crippen LogP) is 2.65. The molecule has 17 heavy (non-hydrogen) atoms. The Labute approximate surface area is 102 Å². The van der Waals surface area contributed by atoms with Gasteiger partial charge in [-0.25, -0.2) is 0 Å². The topological polar surface area (TPSA) is 15.3 Å². The molecule has 0 spiro atoms. The monoisotopic (exact) mass is 252 g/mol. The minimum atomic E-state index is -4.00. The lowest BCUT2D eigenvalue weighted by Gasteiger charge is -2.31. The van der Waals surface area contributed by atoms with E-state index in [9.17, 15) is 13.2 Å². The third-order valence-corrected chi connectivity index (χ3v) is 3.77. The van der Waals surface area contributed by atoms with E-state index in [0.29, 0.717) is 18.9 Å².